The number of carboxylic acids is 1. The van der Waals surface area contributed by atoms with E-state index in [4.69, 9.17) is 9.52 Å². The SMILES string of the molecule is Cc1nn(C)c(C)c1C[C@@H](C)NC(=O)c1cc(C(=O)O)co1. The Hall–Kier alpha value is -2.57. The first kappa shape index (κ1) is 15.8. The Balaban J connectivity index is 2.03. The molecule has 0 spiro atoms. The summed E-state index contributed by atoms with van der Waals surface area (Å²) in [4.78, 5) is 22.8. The molecule has 1 amide bonds. The van der Waals surface area contributed by atoms with Crippen molar-refractivity contribution in [3.05, 3.63) is 40.6 Å². The first-order valence-corrected chi connectivity index (χ1v) is 6.91. The van der Waals surface area contributed by atoms with E-state index < -0.39 is 11.9 Å². The minimum atomic E-state index is -1.13. The summed E-state index contributed by atoms with van der Waals surface area (Å²) in [5.74, 6) is -1.57. The van der Waals surface area contributed by atoms with E-state index in [1.54, 1.807) is 0 Å². The van der Waals surface area contributed by atoms with Crippen LogP contribution in [0.3, 0.4) is 0 Å². The molecule has 0 radical (unpaired) electrons. The lowest BCUT2D eigenvalue weighted by Crippen LogP contribution is -2.34. The lowest BCUT2D eigenvalue weighted by molar-refractivity contribution is 0.0695. The fraction of sp³-hybridized carbons (Fsp3) is 0.400. The first-order chi connectivity index (χ1) is 10.3. The standard InChI is InChI=1S/C15H19N3O4/c1-8(5-12-9(2)17-18(4)10(12)3)16-14(19)13-6-11(7-22-13)15(20)21/h6-8H,5H2,1-4H3,(H,16,19)(H,20,21)/t8-/m1/s1. The van der Waals surface area contributed by atoms with Crippen LogP contribution in [0.4, 0.5) is 0 Å². The van der Waals surface area contributed by atoms with Gasteiger partial charge < -0.3 is 14.8 Å². The topological polar surface area (TPSA) is 97.4 Å². The molecule has 0 bridgehead atoms. The first-order valence-electron chi connectivity index (χ1n) is 6.91. The van der Waals surface area contributed by atoms with Gasteiger partial charge in [-0.2, -0.15) is 5.10 Å². The van der Waals surface area contributed by atoms with Crippen LogP contribution in [-0.2, 0) is 13.5 Å². The second-order valence-electron chi connectivity index (χ2n) is 5.36. The Labute approximate surface area is 127 Å². The maximum Gasteiger partial charge on any atom is 0.338 e. The molecule has 0 saturated heterocycles. The third-order valence-corrected chi connectivity index (χ3v) is 3.62. The summed E-state index contributed by atoms with van der Waals surface area (Å²) in [5, 5.41) is 16.0. The number of carboxylic acid groups (broad SMARTS) is 1. The van der Waals surface area contributed by atoms with Crippen LogP contribution in [-0.4, -0.2) is 32.8 Å². The van der Waals surface area contributed by atoms with Gasteiger partial charge in [-0.3, -0.25) is 9.48 Å². The van der Waals surface area contributed by atoms with E-state index in [1.807, 2.05) is 32.5 Å². The van der Waals surface area contributed by atoms with Gasteiger partial charge in [0, 0.05) is 24.8 Å². The molecule has 0 aliphatic rings. The predicted molar refractivity (Wildman–Crippen MR) is 79.0 cm³/mol. The second kappa shape index (κ2) is 6.05. The number of aryl methyl sites for hydroxylation is 2. The number of carbonyl (C=O) groups excluding carboxylic acids is 1. The highest BCUT2D eigenvalue weighted by molar-refractivity contribution is 5.95. The van der Waals surface area contributed by atoms with Gasteiger partial charge in [-0.15, -0.1) is 0 Å². The Kier molecular flexibility index (Phi) is 4.35. The van der Waals surface area contributed by atoms with Gasteiger partial charge in [-0.1, -0.05) is 0 Å². The second-order valence-corrected chi connectivity index (χ2v) is 5.36. The van der Waals surface area contributed by atoms with Crippen molar-refractivity contribution in [1.82, 2.24) is 15.1 Å². The minimum Gasteiger partial charge on any atom is -0.478 e. The number of hydrogen-bond acceptors (Lipinski definition) is 4. The average Bonchev–Trinajstić information content (AvgIpc) is 3.01. The number of rotatable bonds is 5. The summed E-state index contributed by atoms with van der Waals surface area (Å²) in [5.41, 5.74) is 3.05. The maximum absolute atomic E-state index is 12.0. The van der Waals surface area contributed by atoms with Crippen molar-refractivity contribution in [2.24, 2.45) is 7.05 Å². The van der Waals surface area contributed by atoms with Crippen LogP contribution in [0.1, 0.15) is 44.8 Å². The third kappa shape index (κ3) is 3.19. The van der Waals surface area contributed by atoms with Crippen molar-refractivity contribution in [1.29, 1.82) is 0 Å². The third-order valence-electron chi connectivity index (χ3n) is 3.62. The molecule has 0 saturated carbocycles. The fourth-order valence-corrected chi connectivity index (χ4v) is 2.33. The number of furan rings is 1. The van der Waals surface area contributed by atoms with Gasteiger partial charge in [0.25, 0.3) is 5.91 Å². The molecule has 1 atom stereocenters. The van der Waals surface area contributed by atoms with E-state index in [2.05, 4.69) is 10.4 Å². The molecule has 2 aromatic heterocycles. The highest BCUT2D eigenvalue weighted by Gasteiger charge is 2.18. The Bertz CT molecular complexity index is 714. The van der Waals surface area contributed by atoms with Crippen molar-refractivity contribution in [2.45, 2.75) is 33.2 Å². The summed E-state index contributed by atoms with van der Waals surface area (Å²) in [6, 6.07) is 1.08. The molecule has 7 heteroatoms. The van der Waals surface area contributed by atoms with Gasteiger partial charge in [0.15, 0.2) is 5.76 Å². The summed E-state index contributed by atoms with van der Waals surface area (Å²) >= 11 is 0. The predicted octanol–water partition coefficient (Wildman–Crippen LogP) is 1.69. The van der Waals surface area contributed by atoms with Gasteiger partial charge in [0.2, 0.25) is 0 Å². The molecule has 0 aliphatic heterocycles. The van der Waals surface area contributed by atoms with Crippen molar-refractivity contribution in [2.75, 3.05) is 0 Å². The van der Waals surface area contributed by atoms with Gasteiger partial charge in [0.05, 0.1) is 11.3 Å². The molecule has 2 rings (SSSR count). The lowest BCUT2D eigenvalue weighted by Gasteiger charge is -2.13. The molecular weight excluding hydrogens is 286 g/mol. The van der Waals surface area contributed by atoms with Crippen molar-refractivity contribution in [3.63, 3.8) is 0 Å². The van der Waals surface area contributed by atoms with Crippen molar-refractivity contribution >= 4 is 11.9 Å². The summed E-state index contributed by atoms with van der Waals surface area (Å²) in [6.07, 6.45) is 1.70. The van der Waals surface area contributed by atoms with Crippen LogP contribution in [0.25, 0.3) is 0 Å². The number of hydrogen-bond donors (Lipinski definition) is 2. The smallest absolute Gasteiger partial charge is 0.338 e. The summed E-state index contributed by atoms with van der Waals surface area (Å²) < 4.78 is 6.79. The zero-order valence-corrected chi connectivity index (χ0v) is 13.0. The number of amides is 1. The van der Waals surface area contributed by atoms with E-state index in [9.17, 15) is 9.59 Å². The van der Waals surface area contributed by atoms with Gasteiger partial charge in [-0.05, 0) is 32.8 Å². The van der Waals surface area contributed by atoms with Crippen LogP contribution in [0.5, 0.6) is 0 Å². The van der Waals surface area contributed by atoms with E-state index in [1.165, 1.54) is 6.07 Å². The molecule has 2 N–H and O–H groups in total. The molecule has 2 aromatic rings. The Morgan fingerprint density at radius 2 is 2.14 bits per heavy atom. The van der Waals surface area contributed by atoms with Gasteiger partial charge >= 0.3 is 5.97 Å². The van der Waals surface area contributed by atoms with Crippen LogP contribution in [0, 0.1) is 13.8 Å². The van der Waals surface area contributed by atoms with Crippen molar-refractivity contribution < 1.29 is 19.1 Å². The van der Waals surface area contributed by atoms with E-state index in [0.717, 1.165) is 23.2 Å². The molecule has 2 heterocycles. The molecule has 0 unspecified atom stereocenters. The molecule has 22 heavy (non-hydrogen) atoms. The Morgan fingerprint density at radius 3 is 2.64 bits per heavy atom. The number of aromatic carboxylic acids is 1. The van der Waals surface area contributed by atoms with E-state index in [-0.39, 0.29) is 17.4 Å². The normalized spacial score (nSPS) is 12.2. The van der Waals surface area contributed by atoms with Crippen LogP contribution in [0.15, 0.2) is 16.7 Å². The lowest BCUT2D eigenvalue weighted by atomic mass is 10.1. The molecule has 0 fully saturated rings. The van der Waals surface area contributed by atoms with Crippen LogP contribution >= 0.6 is 0 Å². The summed E-state index contributed by atoms with van der Waals surface area (Å²) in [7, 11) is 1.88. The quantitative estimate of drug-likeness (QED) is 0.876. The molecule has 0 aliphatic carbocycles. The largest absolute Gasteiger partial charge is 0.478 e. The van der Waals surface area contributed by atoms with E-state index in [0.29, 0.717) is 6.42 Å². The fourth-order valence-electron chi connectivity index (χ4n) is 2.33. The van der Waals surface area contributed by atoms with E-state index >= 15 is 0 Å². The molecule has 0 aromatic carbocycles. The van der Waals surface area contributed by atoms with Crippen LogP contribution < -0.4 is 5.32 Å². The number of carbonyl (C=O) groups is 2. The number of aromatic nitrogens is 2. The summed E-state index contributed by atoms with van der Waals surface area (Å²) in [6.45, 7) is 5.79. The number of nitrogens with one attached hydrogen (secondary N) is 1. The Morgan fingerprint density at radius 1 is 1.45 bits per heavy atom. The zero-order valence-electron chi connectivity index (χ0n) is 13.0. The average molecular weight is 305 g/mol. The maximum atomic E-state index is 12.0. The minimum absolute atomic E-state index is 0.0103. The monoisotopic (exact) mass is 305 g/mol. The molecule has 7 nitrogen and oxygen atoms in total. The zero-order chi connectivity index (χ0) is 16.4. The highest BCUT2D eigenvalue weighted by Crippen LogP contribution is 2.15. The van der Waals surface area contributed by atoms with Crippen molar-refractivity contribution in [3.8, 4) is 0 Å². The number of nitrogens with zero attached hydrogens (tertiary/aromatic N) is 2. The van der Waals surface area contributed by atoms with Gasteiger partial charge in [-0.25, -0.2) is 4.79 Å². The van der Waals surface area contributed by atoms with Crippen LogP contribution in [0.2, 0.25) is 0 Å². The highest BCUT2D eigenvalue weighted by atomic mass is 16.4. The van der Waals surface area contributed by atoms with Gasteiger partial charge in [0.1, 0.15) is 6.26 Å². The molecular formula is C15H19N3O4. The molecule has 118 valence electrons.